The average Bonchev–Trinajstić information content (AvgIpc) is 3.16. The Morgan fingerprint density at radius 3 is 2.79 bits per heavy atom. The number of fused-ring (bicyclic) bond motifs is 2. The lowest BCUT2D eigenvalue weighted by molar-refractivity contribution is -0.134. The maximum absolute atomic E-state index is 13.0. The van der Waals surface area contributed by atoms with E-state index in [1.54, 1.807) is 7.11 Å². The molecule has 4 nitrogen and oxygen atoms in total. The summed E-state index contributed by atoms with van der Waals surface area (Å²) in [6.07, 6.45) is 5.60. The first-order valence-corrected chi connectivity index (χ1v) is 8.74. The molecule has 0 radical (unpaired) electrons. The molecule has 2 N–H and O–H groups in total. The number of carbonyl (C=O) groups is 1. The van der Waals surface area contributed by atoms with Crippen molar-refractivity contribution >= 4 is 18.3 Å². The van der Waals surface area contributed by atoms with Gasteiger partial charge in [-0.15, -0.1) is 12.4 Å². The van der Waals surface area contributed by atoms with E-state index in [0.717, 1.165) is 31.1 Å². The molecule has 134 valence electrons. The number of methoxy groups -OCH3 is 1. The van der Waals surface area contributed by atoms with Crippen molar-refractivity contribution in [3.63, 3.8) is 0 Å². The highest BCUT2D eigenvalue weighted by Gasteiger charge is 2.55. The van der Waals surface area contributed by atoms with Crippen LogP contribution in [0.25, 0.3) is 0 Å². The van der Waals surface area contributed by atoms with E-state index < -0.39 is 0 Å². The standard InChI is InChI=1S/C19H28N2O2.ClH/c1-20-8-9-21-18(22)19(13-15-6-7-16(19)10-15)12-14-4-3-5-17(11-14)23-2;/h3-5,11,15-16,20H,6-10,12-13H2,1-2H3,(H,21,22);1H. The van der Waals surface area contributed by atoms with Crippen LogP contribution in [-0.4, -0.2) is 33.2 Å². The summed E-state index contributed by atoms with van der Waals surface area (Å²) in [5.74, 6) is 2.40. The van der Waals surface area contributed by atoms with Gasteiger partial charge in [0.05, 0.1) is 12.5 Å². The number of nitrogens with one attached hydrogen (secondary N) is 2. The summed E-state index contributed by atoms with van der Waals surface area (Å²) in [6.45, 7) is 1.52. The van der Waals surface area contributed by atoms with E-state index in [0.29, 0.717) is 12.5 Å². The Hall–Kier alpha value is -1.26. The molecule has 2 fully saturated rings. The summed E-state index contributed by atoms with van der Waals surface area (Å²) in [4.78, 5) is 13.0. The number of carbonyl (C=O) groups excluding carboxylic acids is 1. The fourth-order valence-corrected chi connectivity index (χ4v) is 4.64. The first kappa shape index (κ1) is 19.1. The summed E-state index contributed by atoms with van der Waals surface area (Å²) in [6, 6.07) is 8.18. The van der Waals surface area contributed by atoms with Gasteiger partial charge in [-0.25, -0.2) is 0 Å². The van der Waals surface area contributed by atoms with Crippen LogP contribution in [0.2, 0.25) is 0 Å². The van der Waals surface area contributed by atoms with E-state index in [9.17, 15) is 4.79 Å². The smallest absolute Gasteiger partial charge is 0.226 e. The van der Waals surface area contributed by atoms with Gasteiger partial charge < -0.3 is 15.4 Å². The molecule has 2 saturated carbocycles. The molecule has 1 aromatic rings. The first-order valence-electron chi connectivity index (χ1n) is 8.74. The van der Waals surface area contributed by atoms with Gasteiger partial charge in [0.1, 0.15) is 5.75 Å². The summed E-state index contributed by atoms with van der Waals surface area (Å²) in [5.41, 5.74) is 0.990. The molecule has 2 aliphatic rings. The van der Waals surface area contributed by atoms with Gasteiger partial charge in [0.15, 0.2) is 0 Å². The van der Waals surface area contributed by atoms with Crippen LogP contribution in [0.1, 0.15) is 31.2 Å². The number of likely N-dealkylation sites (N-methyl/N-ethyl adjacent to an activating group) is 1. The van der Waals surface area contributed by atoms with Crippen LogP contribution in [0.15, 0.2) is 24.3 Å². The zero-order valence-electron chi connectivity index (χ0n) is 14.6. The van der Waals surface area contributed by atoms with Crippen LogP contribution in [-0.2, 0) is 11.2 Å². The molecule has 0 saturated heterocycles. The van der Waals surface area contributed by atoms with E-state index in [1.807, 2.05) is 19.2 Å². The number of hydrogen-bond donors (Lipinski definition) is 2. The maximum atomic E-state index is 13.0. The maximum Gasteiger partial charge on any atom is 0.226 e. The zero-order chi connectivity index (χ0) is 16.3. The van der Waals surface area contributed by atoms with Gasteiger partial charge in [-0.1, -0.05) is 18.6 Å². The molecule has 1 aromatic carbocycles. The largest absolute Gasteiger partial charge is 0.497 e. The second-order valence-corrected chi connectivity index (χ2v) is 7.12. The Kier molecular flexibility index (Phi) is 6.53. The SMILES string of the molecule is CNCCNC(=O)C1(Cc2cccc(OC)c2)CC2CCC1C2.Cl. The molecular formula is C19H29ClN2O2. The van der Waals surface area contributed by atoms with Crippen LogP contribution < -0.4 is 15.4 Å². The lowest BCUT2D eigenvalue weighted by Crippen LogP contribution is -2.47. The van der Waals surface area contributed by atoms with Crippen LogP contribution in [0.4, 0.5) is 0 Å². The van der Waals surface area contributed by atoms with Gasteiger partial charge in [-0.3, -0.25) is 4.79 Å². The van der Waals surface area contributed by atoms with Crippen molar-refractivity contribution in [2.45, 2.75) is 32.1 Å². The third-order valence-corrected chi connectivity index (χ3v) is 5.74. The average molecular weight is 353 g/mol. The minimum absolute atomic E-state index is 0. The first-order chi connectivity index (χ1) is 11.2. The number of rotatable bonds is 7. The molecule has 0 spiro atoms. The van der Waals surface area contributed by atoms with Crippen molar-refractivity contribution < 1.29 is 9.53 Å². The minimum Gasteiger partial charge on any atom is -0.497 e. The highest BCUT2D eigenvalue weighted by molar-refractivity contribution is 5.85. The number of hydrogen-bond acceptors (Lipinski definition) is 3. The van der Waals surface area contributed by atoms with Gasteiger partial charge in [-0.2, -0.15) is 0 Å². The van der Waals surface area contributed by atoms with E-state index >= 15 is 0 Å². The summed E-state index contributed by atoms with van der Waals surface area (Å²) < 4.78 is 5.35. The Balaban J connectivity index is 0.00000208. The molecule has 2 bridgehead atoms. The topological polar surface area (TPSA) is 50.4 Å². The highest BCUT2D eigenvalue weighted by atomic mass is 35.5. The highest BCUT2D eigenvalue weighted by Crippen LogP contribution is 2.57. The molecule has 0 aliphatic heterocycles. The van der Waals surface area contributed by atoms with Gasteiger partial charge >= 0.3 is 0 Å². The summed E-state index contributed by atoms with van der Waals surface area (Å²) in [7, 11) is 3.60. The number of benzene rings is 1. The number of halogens is 1. The van der Waals surface area contributed by atoms with E-state index in [-0.39, 0.29) is 23.7 Å². The molecule has 5 heteroatoms. The van der Waals surface area contributed by atoms with Gasteiger partial charge in [-0.05, 0) is 62.3 Å². The summed E-state index contributed by atoms with van der Waals surface area (Å²) in [5, 5.41) is 6.26. The van der Waals surface area contributed by atoms with Crippen molar-refractivity contribution in [2.75, 3.05) is 27.2 Å². The van der Waals surface area contributed by atoms with Crippen molar-refractivity contribution in [3.05, 3.63) is 29.8 Å². The predicted molar refractivity (Wildman–Crippen MR) is 98.8 cm³/mol. The normalized spacial score (nSPS) is 27.6. The minimum atomic E-state index is -0.219. The number of ether oxygens (including phenoxy) is 1. The van der Waals surface area contributed by atoms with Gasteiger partial charge in [0.25, 0.3) is 0 Å². The Bertz CT molecular complexity index is 566. The van der Waals surface area contributed by atoms with Crippen molar-refractivity contribution in [1.29, 1.82) is 0 Å². The Morgan fingerprint density at radius 1 is 1.33 bits per heavy atom. The third kappa shape index (κ3) is 3.70. The number of amides is 1. The van der Waals surface area contributed by atoms with Crippen LogP contribution >= 0.6 is 12.4 Å². The van der Waals surface area contributed by atoms with Gasteiger partial charge in [0, 0.05) is 13.1 Å². The Morgan fingerprint density at radius 2 is 2.17 bits per heavy atom. The molecular weight excluding hydrogens is 324 g/mol. The fraction of sp³-hybridized carbons (Fsp3) is 0.632. The third-order valence-electron chi connectivity index (χ3n) is 5.74. The molecule has 2 aliphatic carbocycles. The van der Waals surface area contributed by atoms with Crippen molar-refractivity contribution in [2.24, 2.45) is 17.3 Å². The zero-order valence-corrected chi connectivity index (χ0v) is 15.5. The van der Waals surface area contributed by atoms with Crippen LogP contribution in [0, 0.1) is 17.3 Å². The van der Waals surface area contributed by atoms with Crippen LogP contribution in [0.3, 0.4) is 0 Å². The predicted octanol–water partition coefficient (Wildman–Crippen LogP) is 2.80. The lowest BCUT2D eigenvalue weighted by Gasteiger charge is -2.36. The van der Waals surface area contributed by atoms with E-state index in [2.05, 4.69) is 22.8 Å². The lowest BCUT2D eigenvalue weighted by atomic mass is 9.68. The molecule has 0 aromatic heterocycles. The molecule has 3 atom stereocenters. The van der Waals surface area contributed by atoms with Gasteiger partial charge in [0.2, 0.25) is 5.91 Å². The van der Waals surface area contributed by atoms with E-state index in [4.69, 9.17) is 4.74 Å². The fourth-order valence-electron chi connectivity index (χ4n) is 4.64. The molecule has 3 rings (SSSR count). The summed E-state index contributed by atoms with van der Waals surface area (Å²) >= 11 is 0. The monoisotopic (exact) mass is 352 g/mol. The second-order valence-electron chi connectivity index (χ2n) is 7.12. The molecule has 24 heavy (non-hydrogen) atoms. The van der Waals surface area contributed by atoms with Crippen molar-refractivity contribution in [3.8, 4) is 5.75 Å². The molecule has 1 amide bonds. The molecule has 3 unspecified atom stereocenters. The van der Waals surface area contributed by atoms with E-state index in [1.165, 1.54) is 24.8 Å². The van der Waals surface area contributed by atoms with Crippen LogP contribution in [0.5, 0.6) is 5.75 Å². The second kappa shape index (κ2) is 8.21. The Labute approximate surface area is 151 Å². The van der Waals surface area contributed by atoms with Crippen molar-refractivity contribution in [1.82, 2.24) is 10.6 Å². The molecule has 0 heterocycles. The quantitative estimate of drug-likeness (QED) is 0.742.